The molecule has 0 aliphatic carbocycles. The molecule has 2 rings (SSSR count). The number of rotatable bonds is 3. The number of benzene rings is 1. The summed E-state index contributed by atoms with van der Waals surface area (Å²) in [6.07, 6.45) is 0.212. The second-order valence-electron chi connectivity index (χ2n) is 4.45. The number of aryl methyl sites for hydroxylation is 2. The summed E-state index contributed by atoms with van der Waals surface area (Å²) in [7, 11) is 0. The summed E-state index contributed by atoms with van der Waals surface area (Å²) >= 11 is 1.99. The minimum Gasteiger partial charge on any atom is -0.428 e. The standard InChI is InChI=1S/C15H13IO3/c1-9-3-5-11(6-4-9)8-13(17)14-12(16)7-10(2)19-15(14)18/h3-7H,8H2,1-2H3. The molecule has 0 saturated carbocycles. The highest BCUT2D eigenvalue weighted by atomic mass is 127. The monoisotopic (exact) mass is 368 g/mol. The van der Waals surface area contributed by atoms with E-state index < -0.39 is 5.63 Å². The Hall–Kier alpha value is -1.43. The first kappa shape index (κ1) is 14.0. The molecule has 98 valence electrons. The maximum atomic E-state index is 12.2. The van der Waals surface area contributed by atoms with Crippen LogP contribution in [0.4, 0.5) is 0 Å². The number of Topliss-reactive ketones (excluding diaryl/α,β-unsaturated/α-hetero) is 1. The number of hydrogen-bond acceptors (Lipinski definition) is 3. The van der Waals surface area contributed by atoms with Crippen molar-refractivity contribution in [3.05, 3.63) is 66.8 Å². The van der Waals surface area contributed by atoms with Crippen molar-refractivity contribution in [3.8, 4) is 0 Å². The molecule has 1 aromatic carbocycles. The molecule has 0 N–H and O–H groups in total. The summed E-state index contributed by atoms with van der Waals surface area (Å²) < 4.78 is 5.63. The Morgan fingerprint density at radius 3 is 2.42 bits per heavy atom. The van der Waals surface area contributed by atoms with Gasteiger partial charge in [-0.15, -0.1) is 0 Å². The lowest BCUT2D eigenvalue weighted by atomic mass is 10.0. The fourth-order valence-corrected chi connectivity index (χ4v) is 2.76. The Labute approximate surface area is 124 Å². The lowest BCUT2D eigenvalue weighted by molar-refractivity contribution is 0.0988. The van der Waals surface area contributed by atoms with E-state index in [1.807, 2.05) is 53.8 Å². The van der Waals surface area contributed by atoms with E-state index in [4.69, 9.17) is 4.42 Å². The average Bonchev–Trinajstić information content (AvgIpc) is 2.30. The van der Waals surface area contributed by atoms with Gasteiger partial charge < -0.3 is 4.42 Å². The summed E-state index contributed by atoms with van der Waals surface area (Å²) in [5, 5.41) is 0. The molecule has 0 saturated heterocycles. The van der Waals surface area contributed by atoms with Crippen LogP contribution in [0.1, 0.15) is 27.2 Å². The van der Waals surface area contributed by atoms with E-state index in [9.17, 15) is 9.59 Å². The van der Waals surface area contributed by atoms with Crippen molar-refractivity contribution >= 4 is 28.4 Å². The highest BCUT2D eigenvalue weighted by Crippen LogP contribution is 2.13. The van der Waals surface area contributed by atoms with Crippen molar-refractivity contribution in [2.24, 2.45) is 0 Å². The number of ketones is 1. The van der Waals surface area contributed by atoms with E-state index in [1.165, 1.54) is 0 Å². The van der Waals surface area contributed by atoms with Gasteiger partial charge in [-0.25, -0.2) is 4.79 Å². The van der Waals surface area contributed by atoms with Gasteiger partial charge in [0.25, 0.3) is 0 Å². The summed E-state index contributed by atoms with van der Waals surface area (Å²) in [4.78, 5) is 23.9. The Balaban J connectivity index is 2.30. The van der Waals surface area contributed by atoms with Gasteiger partial charge in [-0.05, 0) is 48.1 Å². The summed E-state index contributed by atoms with van der Waals surface area (Å²) in [5.74, 6) is 0.309. The largest absolute Gasteiger partial charge is 0.428 e. The lowest BCUT2D eigenvalue weighted by Gasteiger charge is -2.04. The number of carbonyl (C=O) groups excluding carboxylic acids is 1. The van der Waals surface area contributed by atoms with E-state index >= 15 is 0 Å². The van der Waals surface area contributed by atoms with Crippen molar-refractivity contribution < 1.29 is 9.21 Å². The first-order valence-corrected chi connectivity index (χ1v) is 6.94. The predicted molar refractivity (Wildman–Crippen MR) is 81.6 cm³/mol. The minimum absolute atomic E-state index is 0.145. The normalized spacial score (nSPS) is 10.5. The van der Waals surface area contributed by atoms with Crippen LogP contribution in [0.2, 0.25) is 0 Å². The van der Waals surface area contributed by atoms with E-state index in [1.54, 1.807) is 13.0 Å². The molecule has 0 unspecified atom stereocenters. The SMILES string of the molecule is Cc1ccc(CC(=O)c2c(I)cc(C)oc2=O)cc1. The van der Waals surface area contributed by atoms with E-state index in [2.05, 4.69) is 0 Å². The fourth-order valence-electron chi connectivity index (χ4n) is 1.80. The third-order valence-electron chi connectivity index (χ3n) is 2.79. The topological polar surface area (TPSA) is 47.3 Å². The second-order valence-corrected chi connectivity index (χ2v) is 5.62. The first-order valence-electron chi connectivity index (χ1n) is 5.86. The molecule has 3 nitrogen and oxygen atoms in total. The van der Waals surface area contributed by atoms with Gasteiger partial charge in [0, 0.05) is 9.99 Å². The molecular weight excluding hydrogens is 355 g/mol. The second kappa shape index (κ2) is 5.69. The van der Waals surface area contributed by atoms with Gasteiger partial charge in [0.05, 0.1) is 0 Å². The van der Waals surface area contributed by atoms with Crippen molar-refractivity contribution in [2.45, 2.75) is 20.3 Å². The fraction of sp³-hybridized carbons (Fsp3) is 0.200. The Morgan fingerprint density at radius 1 is 1.21 bits per heavy atom. The number of halogens is 1. The van der Waals surface area contributed by atoms with Gasteiger partial charge in [-0.1, -0.05) is 29.8 Å². The summed E-state index contributed by atoms with van der Waals surface area (Å²) in [6, 6.07) is 9.40. The number of hydrogen-bond donors (Lipinski definition) is 0. The number of carbonyl (C=O) groups is 1. The van der Waals surface area contributed by atoms with Gasteiger partial charge in [0.15, 0.2) is 5.78 Å². The van der Waals surface area contributed by atoms with Crippen LogP contribution >= 0.6 is 22.6 Å². The molecular formula is C15H13IO3. The quantitative estimate of drug-likeness (QED) is 0.617. The molecule has 1 aromatic heterocycles. The molecule has 19 heavy (non-hydrogen) atoms. The molecule has 2 aromatic rings. The molecule has 0 spiro atoms. The smallest absolute Gasteiger partial charge is 0.347 e. The van der Waals surface area contributed by atoms with Gasteiger partial charge in [-0.2, -0.15) is 0 Å². The van der Waals surface area contributed by atoms with Crippen LogP contribution in [-0.4, -0.2) is 5.78 Å². The minimum atomic E-state index is -0.554. The van der Waals surface area contributed by atoms with Crippen LogP contribution in [0.15, 0.2) is 39.5 Å². The van der Waals surface area contributed by atoms with Gasteiger partial charge in [0.2, 0.25) is 0 Å². The van der Waals surface area contributed by atoms with Crippen LogP contribution in [0.25, 0.3) is 0 Å². The zero-order chi connectivity index (χ0) is 14.0. The van der Waals surface area contributed by atoms with E-state index in [-0.39, 0.29) is 17.8 Å². The van der Waals surface area contributed by atoms with Crippen molar-refractivity contribution in [1.29, 1.82) is 0 Å². The zero-order valence-corrected chi connectivity index (χ0v) is 12.9. The highest BCUT2D eigenvalue weighted by Gasteiger charge is 2.17. The Morgan fingerprint density at radius 2 is 1.84 bits per heavy atom. The van der Waals surface area contributed by atoms with Gasteiger partial charge in [-0.3, -0.25) is 4.79 Å². The molecule has 0 amide bonds. The molecule has 0 radical (unpaired) electrons. The van der Waals surface area contributed by atoms with Crippen molar-refractivity contribution in [1.82, 2.24) is 0 Å². The Kier molecular flexibility index (Phi) is 4.19. The molecule has 0 bridgehead atoms. The molecule has 0 fully saturated rings. The van der Waals surface area contributed by atoms with Crippen LogP contribution < -0.4 is 5.63 Å². The summed E-state index contributed by atoms with van der Waals surface area (Å²) in [6.45, 7) is 3.68. The molecule has 4 heteroatoms. The van der Waals surface area contributed by atoms with Crippen molar-refractivity contribution in [3.63, 3.8) is 0 Å². The third-order valence-corrected chi connectivity index (χ3v) is 3.64. The third kappa shape index (κ3) is 3.32. The van der Waals surface area contributed by atoms with Crippen LogP contribution in [0, 0.1) is 17.4 Å². The highest BCUT2D eigenvalue weighted by molar-refractivity contribution is 14.1. The first-order chi connectivity index (χ1) is 8.97. The molecule has 0 aliphatic rings. The maximum absolute atomic E-state index is 12.2. The van der Waals surface area contributed by atoms with E-state index in [0.717, 1.165) is 11.1 Å². The lowest BCUT2D eigenvalue weighted by Crippen LogP contribution is -2.18. The maximum Gasteiger partial charge on any atom is 0.347 e. The Bertz CT molecular complexity index is 669. The molecule has 0 aliphatic heterocycles. The summed E-state index contributed by atoms with van der Waals surface area (Å²) in [5.41, 5.74) is 1.63. The molecule has 1 heterocycles. The van der Waals surface area contributed by atoms with Crippen LogP contribution in [0.3, 0.4) is 0 Å². The van der Waals surface area contributed by atoms with Crippen LogP contribution in [-0.2, 0) is 6.42 Å². The average molecular weight is 368 g/mol. The van der Waals surface area contributed by atoms with Crippen molar-refractivity contribution in [2.75, 3.05) is 0 Å². The van der Waals surface area contributed by atoms with Gasteiger partial charge in [0.1, 0.15) is 11.3 Å². The zero-order valence-electron chi connectivity index (χ0n) is 10.7. The molecule has 0 atom stereocenters. The predicted octanol–water partition coefficient (Wildman–Crippen LogP) is 3.29. The van der Waals surface area contributed by atoms with Crippen LogP contribution in [0.5, 0.6) is 0 Å². The van der Waals surface area contributed by atoms with Gasteiger partial charge >= 0.3 is 5.63 Å². The van der Waals surface area contributed by atoms with E-state index in [0.29, 0.717) is 9.33 Å².